The topological polar surface area (TPSA) is 63.4 Å². The number of sulfonamides is 1. The van der Waals surface area contributed by atoms with E-state index in [1.807, 2.05) is 0 Å². The molecule has 1 rings (SSSR count). The van der Waals surface area contributed by atoms with E-state index in [2.05, 4.69) is 27.7 Å². The van der Waals surface area contributed by atoms with Crippen molar-refractivity contribution in [3.63, 3.8) is 0 Å². The smallest absolute Gasteiger partial charge is 0.252 e. The van der Waals surface area contributed by atoms with E-state index in [1.54, 1.807) is 15.8 Å². The lowest BCUT2D eigenvalue weighted by molar-refractivity contribution is 0.358. The number of hydrogen-bond donors (Lipinski definition) is 1. The van der Waals surface area contributed by atoms with Crippen molar-refractivity contribution in [1.82, 2.24) is 4.31 Å². The standard InChI is InChI=1S/C14H26N2O2S2/c1-11(2)5-7-16(8-6-12(3)4)20(17,18)14-9-13(15)10-19-14/h9-12H,5-8,15H2,1-4H3. The second-order valence-electron chi connectivity index (χ2n) is 5.97. The second kappa shape index (κ2) is 7.43. The van der Waals surface area contributed by atoms with Gasteiger partial charge in [-0.15, -0.1) is 11.3 Å². The van der Waals surface area contributed by atoms with Gasteiger partial charge in [-0.25, -0.2) is 8.42 Å². The Kier molecular flexibility index (Phi) is 6.48. The van der Waals surface area contributed by atoms with E-state index in [9.17, 15) is 8.42 Å². The molecule has 0 aliphatic carbocycles. The zero-order valence-electron chi connectivity index (χ0n) is 12.8. The highest BCUT2D eigenvalue weighted by molar-refractivity contribution is 7.91. The molecule has 0 saturated heterocycles. The van der Waals surface area contributed by atoms with Crippen LogP contribution in [0.1, 0.15) is 40.5 Å². The average molecular weight is 319 g/mol. The number of nitrogens with zero attached hydrogens (tertiary/aromatic N) is 1. The fourth-order valence-corrected chi connectivity index (χ4v) is 4.45. The van der Waals surface area contributed by atoms with Gasteiger partial charge in [0.15, 0.2) is 0 Å². The Hall–Kier alpha value is -0.590. The molecule has 0 amide bonds. The molecule has 20 heavy (non-hydrogen) atoms. The molecular weight excluding hydrogens is 292 g/mol. The predicted molar refractivity (Wildman–Crippen MR) is 86.4 cm³/mol. The Morgan fingerprint density at radius 1 is 1.15 bits per heavy atom. The number of rotatable bonds is 8. The molecule has 0 fully saturated rings. The molecule has 0 aromatic carbocycles. The maximum absolute atomic E-state index is 12.7. The van der Waals surface area contributed by atoms with E-state index in [4.69, 9.17) is 5.73 Å². The van der Waals surface area contributed by atoms with E-state index in [0.717, 1.165) is 12.8 Å². The summed E-state index contributed by atoms with van der Waals surface area (Å²) in [5, 5.41) is 1.68. The molecule has 0 aliphatic heterocycles. The molecule has 116 valence electrons. The average Bonchev–Trinajstić information content (AvgIpc) is 2.75. The van der Waals surface area contributed by atoms with Gasteiger partial charge in [0.1, 0.15) is 4.21 Å². The summed E-state index contributed by atoms with van der Waals surface area (Å²) in [4.78, 5) is 0. The van der Waals surface area contributed by atoms with Crippen LogP contribution in [0, 0.1) is 11.8 Å². The van der Waals surface area contributed by atoms with Gasteiger partial charge < -0.3 is 5.73 Å². The predicted octanol–water partition coefficient (Wildman–Crippen LogP) is 3.41. The summed E-state index contributed by atoms with van der Waals surface area (Å²) >= 11 is 1.20. The van der Waals surface area contributed by atoms with Gasteiger partial charge in [-0.3, -0.25) is 0 Å². The molecule has 0 saturated carbocycles. The van der Waals surface area contributed by atoms with Gasteiger partial charge in [0, 0.05) is 24.2 Å². The van der Waals surface area contributed by atoms with Crippen LogP contribution < -0.4 is 5.73 Å². The van der Waals surface area contributed by atoms with E-state index in [-0.39, 0.29) is 0 Å². The molecule has 0 atom stereocenters. The summed E-state index contributed by atoms with van der Waals surface area (Å²) in [6.45, 7) is 9.58. The fourth-order valence-electron chi connectivity index (χ4n) is 1.75. The van der Waals surface area contributed by atoms with Gasteiger partial charge in [0.2, 0.25) is 0 Å². The lowest BCUT2D eigenvalue weighted by Crippen LogP contribution is -2.33. The van der Waals surface area contributed by atoms with Gasteiger partial charge in [0.25, 0.3) is 10.0 Å². The van der Waals surface area contributed by atoms with Gasteiger partial charge >= 0.3 is 0 Å². The molecule has 0 aliphatic rings. The van der Waals surface area contributed by atoms with Crippen LogP contribution in [0.2, 0.25) is 0 Å². The molecule has 0 unspecified atom stereocenters. The molecule has 2 N–H and O–H groups in total. The van der Waals surface area contributed by atoms with Crippen LogP contribution in [0.15, 0.2) is 15.7 Å². The lowest BCUT2D eigenvalue weighted by Gasteiger charge is -2.23. The molecule has 0 bridgehead atoms. The van der Waals surface area contributed by atoms with Gasteiger partial charge in [-0.05, 0) is 30.7 Å². The third-order valence-electron chi connectivity index (χ3n) is 3.10. The molecular formula is C14H26N2O2S2. The first-order chi connectivity index (χ1) is 9.23. The fraction of sp³-hybridized carbons (Fsp3) is 0.714. The summed E-state index contributed by atoms with van der Waals surface area (Å²) in [6, 6.07) is 1.55. The van der Waals surface area contributed by atoms with Crippen molar-refractivity contribution in [2.45, 2.75) is 44.7 Å². The van der Waals surface area contributed by atoms with Crippen LogP contribution in [0.4, 0.5) is 5.69 Å². The maximum Gasteiger partial charge on any atom is 0.252 e. The highest BCUT2D eigenvalue weighted by atomic mass is 32.2. The minimum atomic E-state index is -3.40. The van der Waals surface area contributed by atoms with E-state index in [0.29, 0.717) is 34.8 Å². The first-order valence-corrected chi connectivity index (χ1v) is 9.39. The van der Waals surface area contributed by atoms with Crippen LogP contribution in [0.3, 0.4) is 0 Å². The van der Waals surface area contributed by atoms with Gasteiger partial charge in [-0.1, -0.05) is 27.7 Å². The Morgan fingerprint density at radius 3 is 2.00 bits per heavy atom. The number of nitrogens with two attached hydrogens (primary N) is 1. The monoisotopic (exact) mass is 318 g/mol. The van der Waals surface area contributed by atoms with Crippen LogP contribution in [0.25, 0.3) is 0 Å². The third kappa shape index (κ3) is 5.07. The van der Waals surface area contributed by atoms with Crippen LogP contribution in [-0.2, 0) is 10.0 Å². The number of nitrogen functional groups attached to an aromatic ring is 1. The van der Waals surface area contributed by atoms with Crippen molar-refractivity contribution in [1.29, 1.82) is 0 Å². The Labute approximate surface area is 127 Å². The van der Waals surface area contributed by atoms with Crippen molar-refractivity contribution >= 4 is 27.0 Å². The summed E-state index contributed by atoms with van der Waals surface area (Å²) in [5.74, 6) is 0.973. The molecule has 4 nitrogen and oxygen atoms in total. The molecule has 1 aromatic heterocycles. The normalized spacial score (nSPS) is 12.8. The molecule has 0 radical (unpaired) electrons. The molecule has 1 heterocycles. The number of hydrogen-bond acceptors (Lipinski definition) is 4. The number of anilines is 1. The van der Waals surface area contributed by atoms with Crippen molar-refractivity contribution in [3.05, 3.63) is 11.4 Å². The first kappa shape index (κ1) is 17.5. The second-order valence-corrected chi connectivity index (χ2v) is 9.04. The highest BCUT2D eigenvalue weighted by Gasteiger charge is 2.25. The van der Waals surface area contributed by atoms with Crippen LogP contribution >= 0.6 is 11.3 Å². The van der Waals surface area contributed by atoms with Gasteiger partial charge in [-0.2, -0.15) is 4.31 Å². The van der Waals surface area contributed by atoms with Crippen LogP contribution in [-0.4, -0.2) is 25.8 Å². The Morgan fingerprint density at radius 2 is 1.65 bits per heavy atom. The molecule has 6 heteroatoms. The first-order valence-electron chi connectivity index (χ1n) is 7.07. The Balaban J connectivity index is 2.89. The number of thiophene rings is 1. The summed E-state index contributed by atoms with van der Waals surface area (Å²) < 4.78 is 27.3. The summed E-state index contributed by atoms with van der Waals surface area (Å²) in [5.41, 5.74) is 6.16. The highest BCUT2D eigenvalue weighted by Crippen LogP contribution is 2.26. The van der Waals surface area contributed by atoms with Crippen molar-refractivity contribution in [2.24, 2.45) is 11.8 Å². The lowest BCUT2D eigenvalue weighted by atomic mass is 10.1. The zero-order chi connectivity index (χ0) is 15.3. The minimum Gasteiger partial charge on any atom is -0.398 e. The molecule has 1 aromatic rings. The quantitative estimate of drug-likeness (QED) is 0.799. The van der Waals surface area contributed by atoms with Crippen molar-refractivity contribution in [2.75, 3.05) is 18.8 Å². The van der Waals surface area contributed by atoms with Crippen LogP contribution in [0.5, 0.6) is 0 Å². The summed E-state index contributed by atoms with van der Waals surface area (Å²) in [7, 11) is -3.40. The maximum atomic E-state index is 12.7. The van der Waals surface area contributed by atoms with E-state index >= 15 is 0 Å². The van der Waals surface area contributed by atoms with Crippen molar-refractivity contribution < 1.29 is 8.42 Å². The SMILES string of the molecule is CC(C)CCN(CCC(C)C)S(=O)(=O)c1cc(N)cs1. The largest absolute Gasteiger partial charge is 0.398 e. The van der Waals surface area contributed by atoms with E-state index in [1.165, 1.54) is 11.3 Å². The van der Waals surface area contributed by atoms with E-state index < -0.39 is 10.0 Å². The molecule has 0 spiro atoms. The van der Waals surface area contributed by atoms with Gasteiger partial charge in [0.05, 0.1) is 0 Å². The minimum absolute atomic E-state index is 0.350. The Bertz CT molecular complexity index is 495. The zero-order valence-corrected chi connectivity index (χ0v) is 14.4. The summed E-state index contributed by atoms with van der Waals surface area (Å²) in [6.07, 6.45) is 1.75. The third-order valence-corrected chi connectivity index (χ3v) is 6.43. The van der Waals surface area contributed by atoms with Crippen molar-refractivity contribution in [3.8, 4) is 0 Å².